The lowest BCUT2D eigenvalue weighted by molar-refractivity contribution is 0.597. The van der Waals surface area contributed by atoms with Crippen molar-refractivity contribution in [3.63, 3.8) is 0 Å². The number of sulfonamides is 1. The van der Waals surface area contributed by atoms with Crippen molar-refractivity contribution < 1.29 is 12.8 Å². The monoisotopic (exact) mass is 395 g/mol. The number of hydrazone groups is 1. The van der Waals surface area contributed by atoms with Crippen LogP contribution in [0.2, 0.25) is 0 Å². The maximum absolute atomic E-state index is 13.8. The van der Waals surface area contributed by atoms with Gasteiger partial charge in [0.25, 0.3) is 0 Å². The predicted molar refractivity (Wildman–Crippen MR) is 107 cm³/mol. The first-order valence-electron chi connectivity index (χ1n) is 8.72. The summed E-state index contributed by atoms with van der Waals surface area (Å²) >= 11 is 0. The number of nitrogens with zero attached hydrogens (tertiary/aromatic N) is 2. The quantitative estimate of drug-likeness (QED) is 0.729. The van der Waals surface area contributed by atoms with Gasteiger partial charge in [-0.1, -0.05) is 42.5 Å². The summed E-state index contributed by atoms with van der Waals surface area (Å²) in [5.74, 6) is -0.310. The van der Waals surface area contributed by atoms with Crippen molar-refractivity contribution in [3.05, 3.63) is 95.8 Å². The number of primary sulfonamides is 1. The van der Waals surface area contributed by atoms with E-state index in [2.05, 4.69) is 0 Å². The van der Waals surface area contributed by atoms with Crippen LogP contribution in [0.25, 0.3) is 0 Å². The highest BCUT2D eigenvalue weighted by atomic mass is 32.2. The van der Waals surface area contributed by atoms with Gasteiger partial charge in [-0.05, 0) is 47.5 Å². The van der Waals surface area contributed by atoms with Crippen molar-refractivity contribution in [1.29, 1.82) is 0 Å². The Morgan fingerprint density at radius 3 is 2.32 bits per heavy atom. The van der Waals surface area contributed by atoms with Gasteiger partial charge in [0, 0.05) is 6.42 Å². The third-order valence-electron chi connectivity index (χ3n) is 4.68. The molecule has 1 atom stereocenters. The molecule has 0 saturated carbocycles. The summed E-state index contributed by atoms with van der Waals surface area (Å²) in [5.41, 5.74) is 3.37. The Morgan fingerprint density at radius 2 is 1.68 bits per heavy atom. The molecule has 0 radical (unpaired) electrons. The molecule has 3 aromatic rings. The van der Waals surface area contributed by atoms with Gasteiger partial charge in [0.2, 0.25) is 10.0 Å². The fourth-order valence-electron chi connectivity index (χ4n) is 3.32. The summed E-state index contributed by atoms with van der Waals surface area (Å²) in [6.45, 7) is 0. The van der Waals surface area contributed by atoms with Gasteiger partial charge >= 0.3 is 0 Å². The second-order valence-electron chi connectivity index (χ2n) is 6.57. The number of benzene rings is 3. The van der Waals surface area contributed by atoms with Gasteiger partial charge in [-0.3, -0.25) is 5.01 Å². The Balaban J connectivity index is 1.76. The van der Waals surface area contributed by atoms with E-state index in [0.717, 1.165) is 16.8 Å². The summed E-state index contributed by atoms with van der Waals surface area (Å²) in [4.78, 5) is 0.0324. The van der Waals surface area contributed by atoms with E-state index in [4.69, 9.17) is 10.2 Å². The molecule has 2 N–H and O–H groups in total. The van der Waals surface area contributed by atoms with Gasteiger partial charge in [0.05, 0.1) is 22.3 Å². The van der Waals surface area contributed by atoms with Gasteiger partial charge in [-0.15, -0.1) is 0 Å². The molecule has 142 valence electrons. The fourth-order valence-corrected chi connectivity index (χ4v) is 3.83. The first-order chi connectivity index (χ1) is 13.4. The maximum atomic E-state index is 13.8. The highest BCUT2D eigenvalue weighted by molar-refractivity contribution is 7.89. The van der Waals surface area contributed by atoms with Crippen LogP contribution >= 0.6 is 0 Å². The molecule has 0 unspecified atom stereocenters. The summed E-state index contributed by atoms with van der Waals surface area (Å²) < 4.78 is 36.9. The zero-order valence-electron chi connectivity index (χ0n) is 14.9. The largest absolute Gasteiger partial charge is 0.257 e. The smallest absolute Gasteiger partial charge is 0.238 e. The molecule has 4 rings (SSSR count). The standard InChI is InChI=1S/C21H18FN3O2S/c22-17-8-4-7-16(13-17)21-14-20(15-5-2-1-3-6-15)24-25(21)18-9-11-19(12-10-18)28(23,26)27/h1-13,21H,14H2,(H2,23,26,27)/t21-/m0/s1. The highest BCUT2D eigenvalue weighted by Gasteiger charge is 2.30. The van der Waals surface area contributed by atoms with E-state index >= 15 is 0 Å². The zero-order valence-corrected chi connectivity index (χ0v) is 15.7. The molecule has 1 aliphatic rings. The molecular formula is C21H18FN3O2S. The van der Waals surface area contributed by atoms with Crippen LogP contribution in [0.1, 0.15) is 23.6 Å². The third kappa shape index (κ3) is 3.67. The molecule has 0 bridgehead atoms. The second-order valence-corrected chi connectivity index (χ2v) is 8.13. The average molecular weight is 395 g/mol. The van der Waals surface area contributed by atoms with E-state index < -0.39 is 10.0 Å². The molecule has 0 spiro atoms. The van der Waals surface area contributed by atoms with E-state index in [9.17, 15) is 12.8 Å². The minimum atomic E-state index is -3.77. The molecule has 1 heterocycles. The lowest BCUT2D eigenvalue weighted by Crippen LogP contribution is -2.19. The van der Waals surface area contributed by atoms with Crippen molar-refractivity contribution in [2.24, 2.45) is 10.2 Å². The first kappa shape index (κ1) is 18.3. The normalized spacial score (nSPS) is 16.9. The van der Waals surface area contributed by atoms with Crippen LogP contribution in [0.5, 0.6) is 0 Å². The molecular weight excluding hydrogens is 377 g/mol. The van der Waals surface area contributed by atoms with E-state index in [1.807, 2.05) is 36.4 Å². The van der Waals surface area contributed by atoms with Crippen LogP contribution in [0.3, 0.4) is 0 Å². The van der Waals surface area contributed by atoms with Crippen LogP contribution in [0.15, 0.2) is 88.9 Å². The topological polar surface area (TPSA) is 75.8 Å². The van der Waals surface area contributed by atoms with E-state index in [-0.39, 0.29) is 16.8 Å². The Hall–Kier alpha value is -3.03. The van der Waals surface area contributed by atoms with Crippen LogP contribution in [0, 0.1) is 5.82 Å². The van der Waals surface area contributed by atoms with Crippen molar-refractivity contribution in [2.45, 2.75) is 17.4 Å². The molecule has 1 aliphatic heterocycles. The minimum absolute atomic E-state index is 0.0324. The molecule has 0 saturated heterocycles. The van der Waals surface area contributed by atoms with Gasteiger partial charge in [0.1, 0.15) is 5.82 Å². The Morgan fingerprint density at radius 1 is 0.964 bits per heavy atom. The van der Waals surface area contributed by atoms with Crippen molar-refractivity contribution in [1.82, 2.24) is 0 Å². The molecule has 0 fully saturated rings. The second kappa shape index (κ2) is 7.18. The van der Waals surface area contributed by atoms with Gasteiger partial charge in [-0.25, -0.2) is 17.9 Å². The predicted octanol–water partition coefficient (Wildman–Crippen LogP) is 3.83. The Labute approximate surface area is 163 Å². The molecule has 28 heavy (non-hydrogen) atoms. The average Bonchev–Trinajstić information content (AvgIpc) is 3.14. The molecule has 3 aromatic carbocycles. The molecule has 0 aliphatic carbocycles. The van der Waals surface area contributed by atoms with E-state index in [1.54, 1.807) is 23.2 Å². The maximum Gasteiger partial charge on any atom is 0.238 e. The SMILES string of the molecule is NS(=O)(=O)c1ccc(N2N=C(c3ccccc3)C[C@H]2c2cccc(F)c2)cc1. The fraction of sp³-hybridized carbons (Fsp3) is 0.0952. The Bertz CT molecular complexity index is 1130. The molecule has 0 aromatic heterocycles. The van der Waals surface area contributed by atoms with Crippen LogP contribution < -0.4 is 10.1 Å². The Kier molecular flexibility index (Phi) is 4.70. The molecule has 7 heteroatoms. The summed E-state index contributed by atoms with van der Waals surface area (Å²) in [5, 5.41) is 11.7. The first-order valence-corrected chi connectivity index (χ1v) is 10.3. The minimum Gasteiger partial charge on any atom is -0.257 e. The third-order valence-corrected chi connectivity index (χ3v) is 5.61. The van der Waals surface area contributed by atoms with Crippen LogP contribution in [-0.4, -0.2) is 14.1 Å². The number of rotatable bonds is 4. The number of nitrogens with two attached hydrogens (primary N) is 1. The van der Waals surface area contributed by atoms with E-state index in [0.29, 0.717) is 12.1 Å². The number of hydrogen-bond donors (Lipinski definition) is 1. The van der Waals surface area contributed by atoms with Gasteiger partial charge in [0.15, 0.2) is 0 Å². The lowest BCUT2D eigenvalue weighted by atomic mass is 9.98. The number of halogens is 1. The summed E-state index contributed by atoms with van der Waals surface area (Å²) in [6.07, 6.45) is 0.602. The van der Waals surface area contributed by atoms with Gasteiger partial charge in [-0.2, -0.15) is 5.10 Å². The van der Waals surface area contributed by atoms with Crippen molar-refractivity contribution >= 4 is 21.4 Å². The summed E-state index contributed by atoms with van der Waals surface area (Å²) in [7, 11) is -3.77. The molecule has 5 nitrogen and oxygen atoms in total. The van der Waals surface area contributed by atoms with Crippen LogP contribution in [0.4, 0.5) is 10.1 Å². The van der Waals surface area contributed by atoms with E-state index in [1.165, 1.54) is 24.3 Å². The molecule has 0 amide bonds. The number of anilines is 1. The zero-order chi connectivity index (χ0) is 19.7. The number of hydrogen-bond acceptors (Lipinski definition) is 4. The summed E-state index contributed by atoms with van der Waals surface area (Å²) in [6, 6.07) is 22.2. The lowest BCUT2D eigenvalue weighted by Gasteiger charge is -2.24. The van der Waals surface area contributed by atoms with Crippen molar-refractivity contribution in [3.8, 4) is 0 Å². The van der Waals surface area contributed by atoms with Gasteiger partial charge < -0.3 is 0 Å². The highest BCUT2D eigenvalue weighted by Crippen LogP contribution is 2.37. The van der Waals surface area contributed by atoms with Crippen LogP contribution in [-0.2, 0) is 10.0 Å². The van der Waals surface area contributed by atoms with Crippen molar-refractivity contribution in [2.75, 3.05) is 5.01 Å².